The smallest absolute Gasteiger partial charge is 0.309 e. The van der Waals surface area contributed by atoms with Gasteiger partial charge >= 0.3 is 5.97 Å². The summed E-state index contributed by atoms with van der Waals surface area (Å²) in [6.07, 6.45) is 10.2. The highest BCUT2D eigenvalue weighted by Gasteiger charge is 2.28. The van der Waals surface area contributed by atoms with Gasteiger partial charge in [-0.25, -0.2) is 0 Å². The van der Waals surface area contributed by atoms with Crippen LogP contribution in [0.1, 0.15) is 114 Å². The van der Waals surface area contributed by atoms with Crippen LogP contribution in [-0.2, 0) is 9.53 Å². The number of aromatic hydroxyl groups is 2. The summed E-state index contributed by atoms with van der Waals surface area (Å²) in [6.45, 7) is 9.56. The van der Waals surface area contributed by atoms with Gasteiger partial charge in [-0.3, -0.25) is 9.59 Å². The highest BCUT2D eigenvalue weighted by atomic mass is 16.5. The highest BCUT2D eigenvalue weighted by molar-refractivity contribution is 5.97. The molecule has 0 spiro atoms. The fraction of sp³-hybridized carbons (Fsp3) is 0.724. The predicted octanol–water partition coefficient (Wildman–Crippen LogP) is 6.39. The molecule has 1 aromatic carbocycles. The Hall–Kier alpha value is -2.24. The van der Waals surface area contributed by atoms with Crippen molar-refractivity contribution in [2.45, 2.75) is 104 Å². The van der Waals surface area contributed by atoms with E-state index in [1.54, 1.807) is 6.07 Å². The van der Waals surface area contributed by atoms with Crippen molar-refractivity contribution in [2.24, 2.45) is 17.8 Å². The molecule has 6 nitrogen and oxygen atoms in total. The summed E-state index contributed by atoms with van der Waals surface area (Å²) in [5.74, 6) is 0.750. The number of benzene rings is 1. The van der Waals surface area contributed by atoms with Gasteiger partial charge in [-0.15, -0.1) is 0 Å². The van der Waals surface area contributed by atoms with Crippen LogP contribution in [0.3, 0.4) is 0 Å². The van der Waals surface area contributed by atoms with Crippen LogP contribution in [0.2, 0.25) is 0 Å². The molecule has 1 saturated heterocycles. The second-order valence-corrected chi connectivity index (χ2v) is 11.4. The lowest BCUT2D eigenvalue weighted by Crippen LogP contribution is -2.38. The maximum absolute atomic E-state index is 13.1. The zero-order valence-electron chi connectivity index (χ0n) is 22.1. The fourth-order valence-electron chi connectivity index (χ4n) is 5.64. The number of carbonyl (C=O) groups excluding carboxylic acids is 2. The van der Waals surface area contributed by atoms with Crippen molar-refractivity contribution in [3.63, 3.8) is 0 Å². The second-order valence-electron chi connectivity index (χ2n) is 11.4. The molecule has 0 radical (unpaired) electrons. The third-order valence-electron chi connectivity index (χ3n) is 7.74. The summed E-state index contributed by atoms with van der Waals surface area (Å²) in [4.78, 5) is 27.7. The zero-order valence-corrected chi connectivity index (χ0v) is 22.1. The van der Waals surface area contributed by atoms with Crippen LogP contribution in [0, 0.1) is 17.8 Å². The van der Waals surface area contributed by atoms with Crippen LogP contribution in [-0.4, -0.2) is 46.2 Å². The summed E-state index contributed by atoms with van der Waals surface area (Å²) in [5.41, 5.74) is 0.936. The Kier molecular flexibility index (Phi) is 9.88. The Morgan fingerprint density at radius 3 is 2.26 bits per heavy atom. The summed E-state index contributed by atoms with van der Waals surface area (Å²) in [6, 6.07) is 2.91. The Morgan fingerprint density at radius 2 is 1.66 bits per heavy atom. The van der Waals surface area contributed by atoms with Crippen LogP contribution in [0.25, 0.3) is 0 Å². The molecule has 196 valence electrons. The first kappa shape index (κ1) is 27.3. The number of piperidine rings is 1. The van der Waals surface area contributed by atoms with E-state index in [2.05, 4.69) is 13.8 Å². The molecular weight excluding hydrogens is 442 g/mol. The molecule has 2 aliphatic rings. The molecule has 3 rings (SSSR count). The van der Waals surface area contributed by atoms with Crippen LogP contribution >= 0.6 is 0 Å². The molecule has 1 atom stereocenters. The van der Waals surface area contributed by atoms with Crippen molar-refractivity contribution < 1.29 is 24.5 Å². The number of nitrogens with zero attached hydrogens (tertiary/aromatic N) is 1. The lowest BCUT2D eigenvalue weighted by molar-refractivity contribution is -0.154. The largest absolute Gasteiger partial charge is 0.508 e. The van der Waals surface area contributed by atoms with Crippen molar-refractivity contribution >= 4 is 11.9 Å². The van der Waals surface area contributed by atoms with E-state index in [4.69, 9.17) is 4.74 Å². The second kappa shape index (κ2) is 12.6. The van der Waals surface area contributed by atoms with Crippen molar-refractivity contribution in [1.29, 1.82) is 0 Å². The summed E-state index contributed by atoms with van der Waals surface area (Å²) in [5, 5.41) is 20.3. The SMILES string of the molecule is CC(C)C[C@H](CCCC1CCN(C(=O)c2cc(C(C)C)c(O)cc2O)CC1)C(=O)OC1CCCC1. The molecule has 1 aliphatic carbocycles. The average Bonchev–Trinajstić information content (AvgIpc) is 3.31. The summed E-state index contributed by atoms with van der Waals surface area (Å²) >= 11 is 0. The summed E-state index contributed by atoms with van der Waals surface area (Å²) < 4.78 is 5.82. The molecule has 2 fully saturated rings. The van der Waals surface area contributed by atoms with Crippen molar-refractivity contribution in [3.05, 3.63) is 23.3 Å². The van der Waals surface area contributed by atoms with Gasteiger partial charge in [-0.2, -0.15) is 0 Å². The monoisotopic (exact) mass is 487 g/mol. The van der Waals surface area contributed by atoms with E-state index in [-0.39, 0.29) is 46.9 Å². The first-order valence-electron chi connectivity index (χ1n) is 13.7. The van der Waals surface area contributed by atoms with Gasteiger partial charge in [0.05, 0.1) is 11.5 Å². The van der Waals surface area contributed by atoms with E-state index in [0.717, 1.165) is 51.4 Å². The zero-order chi connectivity index (χ0) is 25.5. The van der Waals surface area contributed by atoms with Gasteiger partial charge in [0, 0.05) is 19.2 Å². The quantitative estimate of drug-likeness (QED) is 0.373. The van der Waals surface area contributed by atoms with E-state index in [9.17, 15) is 19.8 Å². The number of likely N-dealkylation sites (tertiary alicyclic amines) is 1. The Labute approximate surface area is 211 Å². The minimum atomic E-state index is -0.172. The van der Waals surface area contributed by atoms with Crippen LogP contribution < -0.4 is 0 Å². The topological polar surface area (TPSA) is 87.1 Å². The third kappa shape index (κ3) is 7.62. The van der Waals surface area contributed by atoms with Gasteiger partial charge in [-0.1, -0.05) is 40.5 Å². The van der Waals surface area contributed by atoms with E-state index in [1.807, 2.05) is 18.7 Å². The first-order valence-corrected chi connectivity index (χ1v) is 13.7. The Balaban J connectivity index is 1.47. The van der Waals surface area contributed by atoms with Gasteiger partial charge < -0.3 is 19.8 Å². The number of phenols is 2. The lowest BCUT2D eigenvalue weighted by Gasteiger charge is -2.32. The van der Waals surface area contributed by atoms with Gasteiger partial charge in [0.1, 0.15) is 17.6 Å². The molecule has 1 heterocycles. The molecule has 1 saturated carbocycles. The number of hydrogen-bond acceptors (Lipinski definition) is 5. The van der Waals surface area contributed by atoms with Crippen LogP contribution in [0.4, 0.5) is 0 Å². The summed E-state index contributed by atoms with van der Waals surface area (Å²) in [7, 11) is 0. The van der Waals surface area contributed by atoms with Gasteiger partial charge in [0.2, 0.25) is 0 Å². The number of rotatable bonds is 10. The highest BCUT2D eigenvalue weighted by Crippen LogP contribution is 2.34. The molecule has 35 heavy (non-hydrogen) atoms. The van der Waals surface area contributed by atoms with Gasteiger partial charge in [0.25, 0.3) is 5.91 Å². The minimum absolute atomic E-state index is 0.000452. The number of phenolic OH excluding ortho intramolecular Hbond substituents is 2. The van der Waals surface area contributed by atoms with E-state index in [0.29, 0.717) is 30.5 Å². The van der Waals surface area contributed by atoms with Crippen LogP contribution in [0.15, 0.2) is 12.1 Å². The van der Waals surface area contributed by atoms with Gasteiger partial charge in [0.15, 0.2) is 0 Å². The number of amides is 1. The molecular formula is C29H45NO5. The molecule has 0 aromatic heterocycles. The Morgan fingerprint density at radius 1 is 1.00 bits per heavy atom. The number of esters is 1. The molecule has 2 N–H and O–H groups in total. The van der Waals surface area contributed by atoms with E-state index >= 15 is 0 Å². The van der Waals surface area contributed by atoms with Crippen LogP contribution in [0.5, 0.6) is 11.5 Å². The number of ether oxygens (including phenoxy) is 1. The molecule has 0 unspecified atom stereocenters. The predicted molar refractivity (Wildman–Crippen MR) is 138 cm³/mol. The van der Waals surface area contributed by atoms with Crippen molar-refractivity contribution in [1.82, 2.24) is 4.90 Å². The van der Waals surface area contributed by atoms with Crippen molar-refractivity contribution in [3.8, 4) is 11.5 Å². The minimum Gasteiger partial charge on any atom is -0.508 e. The maximum atomic E-state index is 13.1. The normalized spacial score (nSPS) is 18.4. The molecule has 1 aromatic rings. The molecule has 1 aliphatic heterocycles. The Bertz CT molecular complexity index is 851. The molecule has 0 bridgehead atoms. The lowest BCUT2D eigenvalue weighted by atomic mass is 9.87. The van der Waals surface area contributed by atoms with Crippen molar-refractivity contribution in [2.75, 3.05) is 13.1 Å². The molecule has 6 heteroatoms. The standard InChI is InChI=1S/C29H45NO5/c1-19(2)16-22(29(34)35-23-10-5-6-11-23)9-7-8-21-12-14-30(15-13-21)28(33)25-17-24(20(3)4)26(31)18-27(25)32/h17-23,31-32H,5-16H2,1-4H3/t22-/m0/s1. The fourth-order valence-corrected chi connectivity index (χ4v) is 5.64. The maximum Gasteiger partial charge on any atom is 0.309 e. The van der Waals surface area contributed by atoms with E-state index in [1.165, 1.54) is 18.9 Å². The number of carbonyl (C=O) groups is 2. The third-order valence-corrected chi connectivity index (χ3v) is 7.74. The van der Waals surface area contributed by atoms with E-state index < -0.39 is 0 Å². The average molecular weight is 488 g/mol. The molecule has 1 amide bonds. The first-order chi connectivity index (χ1) is 16.7. The number of hydrogen-bond donors (Lipinski definition) is 2. The van der Waals surface area contributed by atoms with Gasteiger partial charge in [-0.05, 0) is 80.8 Å².